The number of ketones is 1. The molecule has 3 aromatic carbocycles. The summed E-state index contributed by atoms with van der Waals surface area (Å²) in [5.74, 6) is 1.02. The molecule has 1 heterocycles. The number of para-hydroxylation sites is 2. The minimum Gasteiger partial charge on any atom is -0.455 e. The molecule has 4 nitrogen and oxygen atoms in total. The zero-order valence-corrected chi connectivity index (χ0v) is 21.0. The van der Waals surface area contributed by atoms with E-state index in [0.717, 1.165) is 28.1 Å². The lowest BCUT2D eigenvalue weighted by Crippen LogP contribution is -2.17. The minimum atomic E-state index is -0.408. The number of nitrogens with zero attached hydrogens (tertiary/aromatic N) is 1. The summed E-state index contributed by atoms with van der Waals surface area (Å²) in [6, 6.07) is 19.1. The molecule has 0 bridgehead atoms. The smallest absolute Gasteiger partial charge is 0.200 e. The van der Waals surface area contributed by atoms with Crippen LogP contribution in [0.1, 0.15) is 27.0 Å². The number of thioether (sulfide) groups is 1. The standard InChI is InChI=1S/C27H23NO3.C2H6S/c1-5-24(29)21-16-28(22-12-7-6-11-20(22)26(21)30)23-15-17(2)13-14-25(23)31-27-18(3)9-8-10-19(27)4;1-3-2/h5-16H,1H2,2-4H3;1-2H3. The molecule has 0 radical (unpaired) electrons. The van der Waals surface area contributed by atoms with E-state index in [9.17, 15) is 9.59 Å². The quantitative estimate of drug-likeness (QED) is 0.231. The molecule has 4 aromatic rings. The Morgan fingerprint density at radius 3 is 2.26 bits per heavy atom. The van der Waals surface area contributed by atoms with Crippen LogP contribution in [0, 0.1) is 20.8 Å². The molecular weight excluding hydrogens is 442 g/mol. The van der Waals surface area contributed by atoms with Crippen molar-refractivity contribution in [3.63, 3.8) is 0 Å². The van der Waals surface area contributed by atoms with Gasteiger partial charge in [0, 0.05) is 11.6 Å². The summed E-state index contributed by atoms with van der Waals surface area (Å²) in [5, 5.41) is 0.467. The van der Waals surface area contributed by atoms with E-state index in [4.69, 9.17) is 4.74 Å². The zero-order chi connectivity index (χ0) is 24.8. The molecule has 0 aliphatic rings. The number of hydrogen-bond acceptors (Lipinski definition) is 4. The van der Waals surface area contributed by atoms with Crippen molar-refractivity contribution in [1.29, 1.82) is 0 Å². The fourth-order valence-electron chi connectivity index (χ4n) is 3.73. The van der Waals surface area contributed by atoms with Crippen LogP contribution in [0.15, 0.2) is 84.3 Å². The number of rotatable bonds is 5. The summed E-state index contributed by atoms with van der Waals surface area (Å²) < 4.78 is 8.23. The maximum atomic E-state index is 12.9. The summed E-state index contributed by atoms with van der Waals surface area (Å²) in [5.41, 5.74) is 4.30. The molecule has 0 aliphatic heterocycles. The number of aromatic nitrogens is 1. The van der Waals surface area contributed by atoms with Crippen molar-refractivity contribution in [3.05, 3.63) is 112 Å². The number of hydrogen-bond donors (Lipinski definition) is 0. The summed E-state index contributed by atoms with van der Waals surface area (Å²) in [6.45, 7) is 9.55. The lowest BCUT2D eigenvalue weighted by atomic mass is 10.1. The Kier molecular flexibility index (Phi) is 8.13. The van der Waals surface area contributed by atoms with Crippen LogP contribution in [0.25, 0.3) is 16.6 Å². The zero-order valence-electron chi connectivity index (χ0n) is 20.2. The number of allylic oxidation sites excluding steroid dienone is 1. The van der Waals surface area contributed by atoms with Crippen molar-refractivity contribution < 1.29 is 9.53 Å². The third kappa shape index (κ3) is 5.15. The Morgan fingerprint density at radius 1 is 0.971 bits per heavy atom. The largest absolute Gasteiger partial charge is 0.455 e. The molecule has 0 N–H and O–H groups in total. The van der Waals surface area contributed by atoms with E-state index in [1.165, 1.54) is 6.08 Å². The summed E-state index contributed by atoms with van der Waals surface area (Å²) in [4.78, 5) is 25.4. The number of ether oxygens (including phenoxy) is 1. The monoisotopic (exact) mass is 471 g/mol. The van der Waals surface area contributed by atoms with Gasteiger partial charge in [-0.2, -0.15) is 11.8 Å². The molecule has 0 atom stereocenters. The molecule has 1 aromatic heterocycles. The van der Waals surface area contributed by atoms with Gasteiger partial charge in [-0.3, -0.25) is 9.59 Å². The van der Waals surface area contributed by atoms with E-state index in [2.05, 4.69) is 6.58 Å². The number of benzene rings is 3. The van der Waals surface area contributed by atoms with Gasteiger partial charge in [0.15, 0.2) is 11.5 Å². The van der Waals surface area contributed by atoms with E-state index < -0.39 is 5.78 Å². The summed E-state index contributed by atoms with van der Waals surface area (Å²) in [7, 11) is 0. The second-order valence-corrected chi connectivity index (χ2v) is 8.85. The van der Waals surface area contributed by atoms with Crippen molar-refractivity contribution in [3.8, 4) is 17.2 Å². The van der Waals surface area contributed by atoms with E-state index in [1.54, 1.807) is 30.1 Å². The summed E-state index contributed by atoms with van der Waals surface area (Å²) in [6.07, 6.45) is 6.83. The highest BCUT2D eigenvalue weighted by molar-refractivity contribution is 7.97. The molecule has 174 valence electrons. The Balaban J connectivity index is 0.00000103. The van der Waals surface area contributed by atoms with Crippen LogP contribution in [-0.2, 0) is 0 Å². The van der Waals surface area contributed by atoms with Gasteiger partial charge in [0.05, 0.1) is 16.8 Å². The van der Waals surface area contributed by atoms with Gasteiger partial charge in [-0.1, -0.05) is 43.0 Å². The normalized spacial score (nSPS) is 10.4. The van der Waals surface area contributed by atoms with Crippen molar-refractivity contribution >= 4 is 28.4 Å². The van der Waals surface area contributed by atoms with Crippen LogP contribution in [-0.4, -0.2) is 22.9 Å². The second kappa shape index (κ2) is 11.0. The Morgan fingerprint density at radius 2 is 1.62 bits per heavy atom. The van der Waals surface area contributed by atoms with Gasteiger partial charge in [0.2, 0.25) is 5.43 Å². The maximum Gasteiger partial charge on any atom is 0.200 e. The molecule has 0 fully saturated rings. The van der Waals surface area contributed by atoms with E-state index in [0.29, 0.717) is 16.7 Å². The highest BCUT2D eigenvalue weighted by Gasteiger charge is 2.17. The predicted octanol–water partition coefficient (Wildman–Crippen LogP) is 7.06. The number of pyridine rings is 1. The van der Waals surface area contributed by atoms with Gasteiger partial charge in [0.1, 0.15) is 5.75 Å². The Hall–Kier alpha value is -3.57. The molecule has 0 unspecified atom stereocenters. The molecule has 0 amide bonds. The third-order valence-corrected chi connectivity index (χ3v) is 5.36. The van der Waals surface area contributed by atoms with Gasteiger partial charge in [-0.15, -0.1) is 0 Å². The van der Waals surface area contributed by atoms with E-state index in [-0.39, 0.29) is 11.0 Å². The van der Waals surface area contributed by atoms with Gasteiger partial charge in [-0.05, 0) is 80.3 Å². The fraction of sp³-hybridized carbons (Fsp3) is 0.172. The molecule has 4 rings (SSSR count). The molecule has 5 heteroatoms. The highest BCUT2D eigenvalue weighted by atomic mass is 32.2. The minimum absolute atomic E-state index is 0.0771. The molecule has 0 saturated heterocycles. The average molecular weight is 472 g/mol. The van der Waals surface area contributed by atoms with Gasteiger partial charge in [0.25, 0.3) is 0 Å². The second-order valence-electron chi connectivity index (χ2n) is 8.03. The Labute approximate surface area is 204 Å². The number of aryl methyl sites for hydroxylation is 3. The predicted molar refractivity (Wildman–Crippen MR) is 144 cm³/mol. The average Bonchev–Trinajstić information content (AvgIpc) is 2.83. The SMILES string of the molecule is C=CC(=O)c1cn(-c2cc(C)ccc2Oc2c(C)cccc2C)c2ccccc2c1=O.CSC. The van der Waals surface area contributed by atoms with Crippen molar-refractivity contribution in [2.45, 2.75) is 20.8 Å². The summed E-state index contributed by atoms with van der Waals surface area (Å²) >= 11 is 1.75. The van der Waals surface area contributed by atoms with Crippen molar-refractivity contribution in [2.75, 3.05) is 12.5 Å². The Bertz CT molecular complexity index is 1400. The first kappa shape index (κ1) is 25.1. The molecule has 34 heavy (non-hydrogen) atoms. The lowest BCUT2D eigenvalue weighted by molar-refractivity contribution is 0.104. The molecule has 0 saturated carbocycles. The third-order valence-electron chi connectivity index (χ3n) is 5.36. The van der Waals surface area contributed by atoms with E-state index >= 15 is 0 Å². The topological polar surface area (TPSA) is 48.3 Å². The highest BCUT2D eigenvalue weighted by Crippen LogP contribution is 2.34. The van der Waals surface area contributed by atoms with Gasteiger partial charge < -0.3 is 9.30 Å². The lowest BCUT2D eigenvalue weighted by Gasteiger charge is -2.19. The molecule has 0 spiro atoms. The van der Waals surface area contributed by atoms with Gasteiger partial charge in [-0.25, -0.2) is 0 Å². The van der Waals surface area contributed by atoms with Crippen molar-refractivity contribution in [2.24, 2.45) is 0 Å². The van der Waals surface area contributed by atoms with Crippen molar-refractivity contribution in [1.82, 2.24) is 4.57 Å². The van der Waals surface area contributed by atoms with Crippen LogP contribution in [0.4, 0.5) is 0 Å². The number of carbonyl (C=O) groups excluding carboxylic acids is 1. The molecular formula is C29H29NO3S. The van der Waals surface area contributed by atoms with Crippen LogP contribution < -0.4 is 10.2 Å². The van der Waals surface area contributed by atoms with Crippen LogP contribution in [0.3, 0.4) is 0 Å². The maximum absolute atomic E-state index is 12.9. The van der Waals surface area contributed by atoms with E-state index in [1.807, 2.05) is 86.4 Å². The van der Waals surface area contributed by atoms with Crippen LogP contribution in [0.5, 0.6) is 11.5 Å². The van der Waals surface area contributed by atoms with Crippen LogP contribution >= 0.6 is 11.8 Å². The first-order valence-corrected chi connectivity index (χ1v) is 12.5. The van der Waals surface area contributed by atoms with Crippen LogP contribution in [0.2, 0.25) is 0 Å². The first-order valence-electron chi connectivity index (χ1n) is 10.9. The fourth-order valence-corrected chi connectivity index (χ4v) is 3.73. The molecule has 0 aliphatic carbocycles. The van der Waals surface area contributed by atoms with Gasteiger partial charge >= 0.3 is 0 Å². The first-order chi connectivity index (χ1) is 16.3. The number of carbonyl (C=O) groups is 1. The number of fused-ring (bicyclic) bond motifs is 1.